The summed E-state index contributed by atoms with van der Waals surface area (Å²) >= 11 is 0. The van der Waals surface area contributed by atoms with Gasteiger partial charge in [-0.25, -0.2) is 0 Å². The van der Waals surface area contributed by atoms with E-state index in [-0.39, 0.29) is 17.0 Å². The van der Waals surface area contributed by atoms with Gasteiger partial charge in [0.2, 0.25) is 0 Å². The zero-order valence-corrected chi connectivity index (χ0v) is 13.3. The second kappa shape index (κ2) is 4.43. The maximum atomic E-state index is 6.37. The van der Waals surface area contributed by atoms with Crippen LogP contribution in [0.25, 0.3) is 0 Å². The Kier molecular flexibility index (Phi) is 3.01. The summed E-state index contributed by atoms with van der Waals surface area (Å²) in [6, 6.07) is 0. The zero-order chi connectivity index (χ0) is 15.4. The summed E-state index contributed by atoms with van der Waals surface area (Å²) in [5, 5.41) is 0. The van der Waals surface area contributed by atoms with Crippen molar-refractivity contribution in [1.82, 2.24) is 0 Å². The largest absolute Gasteiger partial charge is 0.322 e. The molecule has 0 aliphatic heterocycles. The van der Waals surface area contributed by atoms with Crippen LogP contribution in [0.2, 0.25) is 0 Å². The lowest BCUT2D eigenvalue weighted by Crippen LogP contribution is -2.40. The van der Waals surface area contributed by atoms with Crippen molar-refractivity contribution in [3.05, 3.63) is 70.4 Å². The molecule has 0 aromatic carbocycles. The zero-order valence-electron chi connectivity index (χ0n) is 13.3. The van der Waals surface area contributed by atoms with Crippen molar-refractivity contribution < 1.29 is 0 Å². The molecule has 4 N–H and O–H groups in total. The Morgan fingerprint density at radius 2 is 1.57 bits per heavy atom. The topological polar surface area (TPSA) is 52.0 Å². The van der Waals surface area contributed by atoms with Gasteiger partial charge in [-0.15, -0.1) is 0 Å². The summed E-state index contributed by atoms with van der Waals surface area (Å²) in [5.74, 6) is 0.278. The third-order valence-electron chi connectivity index (χ3n) is 4.40. The average molecular weight is 280 g/mol. The molecule has 1 unspecified atom stereocenters. The molecule has 0 spiro atoms. The van der Waals surface area contributed by atoms with Gasteiger partial charge in [0.15, 0.2) is 0 Å². The molecule has 110 valence electrons. The first-order chi connectivity index (χ1) is 9.69. The Bertz CT molecular complexity index is 665. The molecule has 0 bridgehead atoms. The van der Waals surface area contributed by atoms with E-state index in [2.05, 4.69) is 70.2 Å². The summed E-state index contributed by atoms with van der Waals surface area (Å²) in [6.07, 6.45) is 15.2. The molecule has 0 saturated carbocycles. The first kappa shape index (κ1) is 14.3. The molecule has 0 aromatic heterocycles. The number of nitrogens with two attached hydrogens (primary N) is 2. The second-order valence-electron chi connectivity index (χ2n) is 7.31. The Hall–Kier alpha value is -1.64. The van der Waals surface area contributed by atoms with Crippen LogP contribution in [-0.2, 0) is 0 Å². The minimum absolute atomic E-state index is 0.278. The molecule has 1 atom stereocenters. The van der Waals surface area contributed by atoms with Crippen molar-refractivity contribution in [2.45, 2.75) is 38.8 Å². The lowest BCUT2D eigenvalue weighted by Gasteiger charge is -2.39. The van der Waals surface area contributed by atoms with E-state index < -0.39 is 0 Å². The molecular weight excluding hydrogens is 256 g/mol. The maximum Gasteiger partial charge on any atom is 0.0355 e. The van der Waals surface area contributed by atoms with E-state index in [4.69, 9.17) is 11.5 Å². The molecular formula is C19H24N2. The van der Waals surface area contributed by atoms with Gasteiger partial charge in [0.25, 0.3) is 0 Å². The van der Waals surface area contributed by atoms with Gasteiger partial charge in [0.1, 0.15) is 0 Å². The van der Waals surface area contributed by atoms with Crippen LogP contribution >= 0.6 is 0 Å². The van der Waals surface area contributed by atoms with Crippen LogP contribution in [0.5, 0.6) is 0 Å². The van der Waals surface area contributed by atoms with Crippen LogP contribution in [0.3, 0.4) is 0 Å². The van der Waals surface area contributed by atoms with Gasteiger partial charge in [-0.1, -0.05) is 42.5 Å². The number of hydrogen-bond donors (Lipinski definition) is 2. The average Bonchev–Trinajstić information content (AvgIpc) is 2.36. The summed E-state index contributed by atoms with van der Waals surface area (Å²) in [7, 11) is 0. The molecule has 21 heavy (non-hydrogen) atoms. The van der Waals surface area contributed by atoms with Gasteiger partial charge in [-0.05, 0) is 55.6 Å². The van der Waals surface area contributed by atoms with E-state index in [1.807, 2.05) is 0 Å². The monoisotopic (exact) mass is 280 g/mol. The molecule has 0 amide bonds. The molecule has 2 nitrogen and oxygen atoms in total. The van der Waals surface area contributed by atoms with E-state index in [9.17, 15) is 0 Å². The Balaban J connectivity index is 2.20. The first-order valence-electron chi connectivity index (χ1n) is 7.51. The van der Waals surface area contributed by atoms with E-state index in [1.165, 1.54) is 27.9 Å². The fourth-order valence-electron chi connectivity index (χ4n) is 3.44. The highest BCUT2D eigenvalue weighted by Crippen LogP contribution is 2.46. The maximum absolute atomic E-state index is 6.37. The quantitative estimate of drug-likeness (QED) is 0.815. The smallest absolute Gasteiger partial charge is 0.0355 e. The molecule has 0 aromatic rings. The summed E-state index contributed by atoms with van der Waals surface area (Å²) in [5.41, 5.74) is 18.4. The summed E-state index contributed by atoms with van der Waals surface area (Å²) < 4.78 is 0. The van der Waals surface area contributed by atoms with Gasteiger partial charge in [-0.3, -0.25) is 0 Å². The highest BCUT2D eigenvalue weighted by atomic mass is 14.7. The predicted octanol–water partition coefficient (Wildman–Crippen LogP) is 3.31. The van der Waals surface area contributed by atoms with Crippen LogP contribution in [0, 0.1) is 5.92 Å². The van der Waals surface area contributed by atoms with Crippen LogP contribution in [-0.4, -0.2) is 11.1 Å². The molecule has 0 heterocycles. The first-order valence-corrected chi connectivity index (χ1v) is 7.51. The molecule has 0 saturated heterocycles. The third-order valence-corrected chi connectivity index (χ3v) is 4.40. The van der Waals surface area contributed by atoms with Crippen molar-refractivity contribution in [3.63, 3.8) is 0 Å². The Morgan fingerprint density at radius 3 is 2.19 bits per heavy atom. The Morgan fingerprint density at radius 1 is 0.857 bits per heavy atom. The second-order valence-corrected chi connectivity index (χ2v) is 7.31. The SMILES string of the molecule is CC(C)(N)C1=CC=C2C=CC(C(C)(C)N)=C3C=CC=C1C23. The molecule has 3 aliphatic carbocycles. The lowest BCUT2D eigenvalue weighted by molar-refractivity contribution is 0.587. The predicted molar refractivity (Wildman–Crippen MR) is 89.6 cm³/mol. The Labute approximate surface area is 127 Å². The van der Waals surface area contributed by atoms with Gasteiger partial charge in [0.05, 0.1) is 0 Å². The fourth-order valence-corrected chi connectivity index (χ4v) is 3.44. The fraction of sp³-hybridized carbons (Fsp3) is 0.368. The molecule has 3 rings (SSSR count). The molecule has 0 radical (unpaired) electrons. The van der Waals surface area contributed by atoms with Crippen molar-refractivity contribution in [2.24, 2.45) is 17.4 Å². The number of hydrogen-bond acceptors (Lipinski definition) is 2. The highest BCUT2D eigenvalue weighted by Gasteiger charge is 2.36. The van der Waals surface area contributed by atoms with E-state index in [0.717, 1.165) is 0 Å². The van der Waals surface area contributed by atoms with Gasteiger partial charge in [-0.2, -0.15) is 0 Å². The van der Waals surface area contributed by atoms with Crippen LogP contribution in [0.15, 0.2) is 70.4 Å². The van der Waals surface area contributed by atoms with E-state index in [1.54, 1.807) is 0 Å². The minimum atomic E-state index is -0.344. The van der Waals surface area contributed by atoms with Crippen LogP contribution < -0.4 is 11.5 Å². The molecule has 3 aliphatic rings. The molecule has 0 fully saturated rings. The molecule has 2 heteroatoms. The van der Waals surface area contributed by atoms with Crippen LogP contribution in [0.1, 0.15) is 27.7 Å². The minimum Gasteiger partial charge on any atom is -0.322 e. The van der Waals surface area contributed by atoms with E-state index >= 15 is 0 Å². The van der Waals surface area contributed by atoms with Gasteiger partial charge >= 0.3 is 0 Å². The summed E-state index contributed by atoms with van der Waals surface area (Å²) in [4.78, 5) is 0. The third kappa shape index (κ3) is 2.29. The normalized spacial score (nSPS) is 24.5. The van der Waals surface area contributed by atoms with Crippen molar-refractivity contribution >= 4 is 0 Å². The number of rotatable bonds is 2. The van der Waals surface area contributed by atoms with Crippen molar-refractivity contribution in [2.75, 3.05) is 0 Å². The van der Waals surface area contributed by atoms with Crippen molar-refractivity contribution in [3.8, 4) is 0 Å². The van der Waals surface area contributed by atoms with E-state index in [0.29, 0.717) is 0 Å². The standard InChI is InChI=1S/C19H24N2/c1-18(2,20)15-10-8-12-9-11-16(19(3,4)21)14-7-5-6-13(15)17(12)14/h5-11,17H,20-21H2,1-4H3. The van der Waals surface area contributed by atoms with Crippen LogP contribution in [0.4, 0.5) is 0 Å². The van der Waals surface area contributed by atoms with Gasteiger partial charge in [0, 0.05) is 17.0 Å². The summed E-state index contributed by atoms with van der Waals surface area (Å²) in [6.45, 7) is 8.25. The van der Waals surface area contributed by atoms with Gasteiger partial charge < -0.3 is 11.5 Å². The van der Waals surface area contributed by atoms with Crippen molar-refractivity contribution in [1.29, 1.82) is 0 Å². The number of allylic oxidation sites excluding steroid dienone is 8. The highest BCUT2D eigenvalue weighted by molar-refractivity contribution is 5.65. The lowest BCUT2D eigenvalue weighted by atomic mass is 9.66.